The van der Waals surface area contributed by atoms with Crippen LogP contribution in [0.1, 0.15) is 44.1 Å². The minimum absolute atomic E-state index is 0.113. The van der Waals surface area contributed by atoms with Gasteiger partial charge in [0.25, 0.3) is 0 Å². The van der Waals surface area contributed by atoms with Gasteiger partial charge in [-0.3, -0.25) is 9.59 Å². The van der Waals surface area contributed by atoms with E-state index in [4.69, 9.17) is 0 Å². The molecule has 0 aromatic heterocycles. The second-order valence-electron chi connectivity index (χ2n) is 6.38. The first-order chi connectivity index (χ1) is 11.2. The second kappa shape index (κ2) is 7.40. The number of carbonyl (C=O) groups excluding carboxylic acids is 2. The van der Waals surface area contributed by atoms with Gasteiger partial charge in [-0.25, -0.2) is 5.43 Å². The highest BCUT2D eigenvalue weighted by Gasteiger charge is 2.38. The number of amides is 2. The number of rotatable bonds is 8. The summed E-state index contributed by atoms with van der Waals surface area (Å²) in [5.41, 5.74) is 4.85. The third-order valence-electron chi connectivity index (χ3n) is 4.21. The Morgan fingerprint density at radius 2 is 1.57 bits per heavy atom. The van der Waals surface area contributed by atoms with E-state index in [9.17, 15) is 9.59 Å². The lowest BCUT2D eigenvalue weighted by Gasteiger charge is -2.06. The predicted octanol–water partition coefficient (Wildman–Crippen LogP) is 2.38. The van der Waals surface area contributed by atoms with E-state index in [1.54, 1.807) is 0 Å². The van der Waals surface area contributed by atoms with Gasteiger partial charge in [0.2, 0.25) is 11.8 Å². The summed E-state index contributed by atoms with van der Waals surface area (Å²) in [6.07, 6.45) is 5.17. The number of carbonyl (C=O) groups is 2. The lowest BCUT2D eigenvalue weighted by atomic mass is 10.1. The molecule has 2 aliphatic carbocycles. The van der Waals surface area contributed by atoms with Crippen LogP contribution < -0.4 is 10.7 Å². The molecule has 2 amide bonds. The average Bonchev–Trinajstić information content (AvgIpc) is 3.45. The Morgan fingerprint density at radius 3 is 2.17 bits per heavy atom. The summed E-state index contributed by atoms with van der Waals surface area (Å²) < 4.78 is 0. The van der Waals surface area contributed by atoms with E-state index in [2.05, 4.69) is 15.8 Å². The Bertz CT molecular complexity index is 576. The van der Waals surface area contributed by atoms with Crippen molar-refractivity contribution in [2.45, 2.75) is 45.1 Å². The van der Waals surface area contributed by atoms with Gasteiger partial charge in [0, 0.05) is 25.1 Å². The van der Waals surface area contributed by atoms with E-state index in [-0.39, 0.29) is 24.7 Å². The smallest absolute Gasteiger partial charge is 0.240 e. The Hall–Kier alpha value is -2.17. The second-order valence-corrected chi connectivity index (χ2v) is 6.38. The Balaban J connectivity index is 1.35. The van der Waals surface area contributed by atoms with Crippen molar-refractivity contribution in [3.8, 4) is 0 Å². The van der Waals surface area contributed by atoms with Gasteiger partial charge in [-0.15, -0.1) is 0 Å². The van der Waals surface area contributed by atoms with Crippen LogP contribution in [0.5, 0.6) is 0 Å². The van der Waals surface area contributed by atoms with E-state index >= 15 is 0 Å². The lowest BCUT2D eigenvalue weighted by molar-refractivity contribution is -0.126. The van der Waals surface area contributed by atoms with Crippen molar-refractivity contribution < 1.29 is 9.59 Å². The van der Waals surface area contributed by atoms with Crippen molar-refractivity contribution in [2.24, 2.45) is 16.9 Å². The van der Waals surface area contributed by atoms with Crippen LogP contribution in [0, 0.1) is 11.8 Å². The fourth-order valence-corrected chi connectivity index (χ4v) is 2.57. The molecule has 5 heteroatoms. The van der Waals surface area contributed by atoms with Crippen LogP contribution in [0.2, 0.25) is 0 Å². The van der Waals surface area contributed by atoms with Gasteiger partial charge in [0.1, 0.15) is 0 Å². The average molecular weight is 313 g/mol. The van der Waals surface area contributed by atoms with Gasteiger partial charge >= 0.3 is 0 Å². The molecule has 0 spiro atoms. The molecule has 23 heavy (non-hydrogen) atoms. The molecule has 1 aromatic rings. The molecule has 0 unspecified atom stereocenters. The minimum atomic E-state index is -0.182. The fourth-order valence-electron chi connectivity index (χ4n) is 2.57. The number of hydrogen-bond donors (Lipinski definition) is 2. The van der Waals surface area contributed by atoms with E-state index in [1.165, 1.54) is 31.4 Å². The van der Waals surface area contributed by atoms with Gasteiger partial charge in [0.05, 0.1) is 0 Å². The standard InChI is InChI=1S/C18H23N3O2/c22-16(19-12-13-4-2-1-3-5-13)10-11-17(23)20-21-18(14-6-7-14)15-8-9-15/h1-5,14-15H,6-12H2,(H,19,22)(H,20,23). The van der Waals surface area contributed by atoms with Crippen molar-refractivity contribution >= 4 is 17.5 Å². The molecular formula is C18H23N3O2. The maximum absolute atomic E-state index is 11.8. The number of hydrogen-bond acceptors (Lipinski definition) is 3. The van der Waals surface area contributed by atoms with E-state index < -0.39 is 0 Å². The van der Waals surface area contributed by atoms with E-state index in [0.717, 1.165) is 5.56 Å². The predicted molar refractivity (Wildman–Crippen MR) is 88.5 cm³/mol. The van der Waals surface area contributed by atoms with Crippen molar-refractivity contribution in [3.63, 3.8) is 0 Å². The van der Waals surface area contributed by atoms with Gasteiger partial charge < -0.3 is 5.32 Å². The molecule has 2 N–H and O–H groups in total. The summed E-state index contributed by atoms with van der Waals surface area (Å²) in [5.74, 6) is 0.894. The summed E-state index contributed by atoms with van der Waals surface area (Å²) in [7, 11) is 0. The highest BCUT2D eigenvalue weighted by molar-refractivity contribution is 5.93. The van der Waals surface area contributed by atoms with Crippen molar-refractivity contribution in [2.75, 3.05) is 0 Å². The summed E-state index contributed by atoms with van der Waals surface area (Å²) >= 11 is 0. The third-order valence-corrected chi connectivity index (χ3v) is 4.21. The first-order valence-electron chi connectivity index (χ1n) is 8.39. The number of nitrogens with one attached hydrogen (secondary N) is 2. The molecular weight excluding hydrogens is 290 g/mol. The number of nitrogens with zero attached hydrogens (tertiary/aromatic N) is 1. The van der Waals surface area contributed by atoms with E-state index in [1.807, 2.05) is 30.3 Å². The molecule has 0 radical (unpaired) electrons. The van der Waals surface area contributed by atoms with Crippen molar-refractivity contribution in [1.82, 2.24) is 10.7 Å². The summed E-state index contributed by atoms with van der Waals surface area (Å²) in [6.45, 7) is 0.493. The molecule has 3 rings (SSSR count). The Labute approximate surface area is 136 Å². The van der Waals surface area contributed by atoms with Crippen LogP contribution in [0.4, 0.5) is 0 Å². The van der Waals surface area contributed by atoms with Crippen LogP contribution in [-0.2, 0) is 16.1 Å². The molecule has 1 aromatic carbocycles. The third kappa shape index (κ3) is 5.20. The monoisotopic (exact) mass is 313 g/mol. The Morgan fingerprint density at radius 1 is 0.957 bits per heavy atom. The molecule has 2 saturated carbocycles. The zero-order valence-electron chi connectivity index (χ0n) is 13.3. The van der Waals surface area contributed by atoms with Gasteiger partial charge in [-0.1, -0.05) is 30.3 Å². The molecule has 0 aliphatic heterocycles. The molecule has 0 saturated heterocycles. The summed E-state index contributed by atoms with van der Waals surface area (Å²) in [5, 5.41) is 7.13. The maximum Gasteiger partial charge on any atom is 0.240 e. The largest absolute Gasteiger partial charge is 0.352 e. The van der Waals surface area contributed by atoms with Crippen LogP contribution in [0.25, 0.3) is 0 Å². The SMILES string of the molecule is O=C(CCC(=O)NN=C(C1CC1)C1CC1)NCc1ccccc1. The van der Waals surface area contributed by atoms with Crippen molar-refractivity contribution in [1.29, 1.82) is 0 Å². The zero-order valence-corrected chi connectivity index (χ0v) is 13.3. The van der Waals surface area contributed by atoms with Crippen LogP contribution >= 0.6 is 0 Å². The molecule has 2 fully saturated rings. The molecule has 122 valence electrons. The fraction of sp³-hybridized carbons (Fsp3) is 0.500. The zero-order chi connectivity index (χ0) is 16.1. The lowest BCUT2D eigenvalue weighted by Crippen LogP contribution is -2.26. The van der Waals surface area contributed by atoms with Gasteiger partial charge in [-0.2, -0.15) is 5.10 Å². The van der Waals surface area contributed by atoms with E-state index in [0.29, 0.717) is 18.4 Å². The Kier molecular flexibility index (Phi) is 5.05. The van der Waals surface area contributed by atoms with Gasteiger partial charge in [0.15, 0.2) is 0 Å². The minimum Gasteiger partial charge on any atom is -0.352 e. The topological polar surface area (TPSA) is 70.6 Å². The molecule has 0 heterocycles. The number of hydrazone groups is 1. The van der Waals surface area contributed by atoms with Crippen LogP contribution in [0.15, 0.2) is 35.4 Å². The first-order valence-corrected chi connectivity index (χ1v) is 8.39. The molecule has 0 atom stereocenters. The summed E-state index contributed by atoms with van der Waals surface area (Å²) in [4.78, 5) is 23.6. The molecule has 5 nitrogen and oxygen atoms in total. The normalized spacial score (nSPS) is 16.5. The quantitative estimate of drug-likeness (QED) is 0.571. The van der Waals surface area contributed by atoms with Crippen molar-refractivity contribution in [3.05, 3.63) is 35.9 Å². The highest BCUT2D eigenvalue weighted by atomic mass is 16.2. The summed E-state index contributed by atoms with van der Waals surface area (Å²) in [6, 6.07) is 9.72. The highest BCUT2D eigenvalue weighted by Crippen LogP contribution is 2.41. The molecule has 2 aliphatic rings. The van der Waals surface area contributed by atoms with Crippen LogP contribution in [-0.4, -0.2) is 17.5 Å². The first kappa shape index (κ1) is 15.7. The van der Waals surface area contributed by atoms with Crippen LogP contribution in [0.3, 0.4) is 0 Å². The molecule has 0 bridgehead atoms. The maximum atomic E-state index is 11.8. The van der Waals surface area contributed by atoms with Gasteiger partial charge in [-0.05, 0) is 43.1 Å². The number of benzene rings is 1.